The SMILES string of the molecule is COc1ccc(-c2cc3cc(C#CCCO)cc(C#CCCO)c3oc2=O)cc1.COc1ccc(-c2cc3cc(CCCCO)cc(CCCCO)c3oc2=O)cc1. The third-order valence-corrected chi connectivity index (χ3v) is 9.26. The van der Waals surface area contributed by atoms with Crippen molar-refractivity contribution in [2.45, 2.75) is 51.4 Å². The lowest BCUT2D eigenvalue weighted by atomic mass is 9.97. The van der Waals surface area contributed by atoms with E-state index in [0.29, 0.717) is 69.4 Å². The monoisotopic (exact) mass is 784 g/mol. The Labute approximate surface area is 337 Å². The summed E-state index contributed by atoms with van der Waals surface area (Å²) in [6, 6.07) is 25.9. The molecule has 0 amide bonds. The molecule has 0 radical (unpaired) electrons. The van der Waals surface area contributed by atoms with Gasteiger partial charge in [0.1, 0.15) is 17.1 Å². The van der Waals surface area contributed by atoms with Gasteiger partial charge in [-0.15, -0.1) is 0 Å². The second-order valence-electron chi connectivity index (χ2n) is 13.4. The van der Waals surface area contributed by atoms with Crippen LogP contribution in [-0.2, 0) is 12.8 Å². The van der Waals surface area contributed by atoms with Gasteiger partial charge < -0.3 is 38.7 Å². The fourth-order valence-corrected chi connectivity index (χ4v) is 6.35. The molecule has 0 saturated heterocycles. The molecule has 6 rings (SSSR count). The van der Waals surface area contributed by atoms with E-state index in [1.807, 2.05) is 36.4 Å². The number of benzene rings is 4. The van der Waals surface area contributed by atoms with Crippen molar-refractivity contribution < 1.29 is 38.7 Å². The van der Waals surface area contributed by atoms with E-state index in [2.05, 4.69) is 35.8 Å². The van der Waals surface area contributed by atoms with Gasteiger partial charge in [0.15, 0.2) is 5.58 Å². The maximum absolute atomic E-state index is 12.7. The van der Waals surface area contributed by atoms with Crippen LogP contribution < -0.4 is 20.7 Å². The smallest absolute Gasteiger partial charge is 0.344 e. The number of unbranched alkanes of at least 4 members (excludes halogenated alkanes) is 2. The molecule has 0 bridgehead atoms. The van der Waals surface area contributed by atoms with E-state index in [9.17, 15) is 9.59 Å². The zero-order chi connectivity index (χ0) is 41.3. The first-order valence-corrected chi connectivity index (χ1v) is 19.2. The van der Waals surface area contributed by atoms with Gasteiger partial charge in [-0.1, -0.05) is 54.0 Å². The summed E-state index contributed by atoms with van der Waals surface area (Å²) in [7, 11) is 3.19. The van der Waals surface area contributed by atoms with Crippen LogP contribution in [0.5, 0.6) is 11.5 Å². The van der Waals surface area contributed by atoms with Crippen LogP contribution in [0.3, 0.4) is 0 Å². The lowest BCUT2D eigenvalue weighted by Gasteiger charge is -2.11. The van der Waals surface area contributed by atoms with E-state index in [1.165, 1.54) is 5.56 Å². The van der Waals surface area contributed by atoms with Gasteiger partial charge in [0.2, 0.25) is 0 Å². The molecule has 0 aliphatic rings. The van der Waals surface area contributed by atoms with Crippen LogP contribution in [0.2, 0.25) is 0 Å². The maximum atomic E-state index is 12.7. The van der Waals surface area contributed by atoms with E-state index >= 15 is 0 Å². The first-order valence-electron chi connectivity index (χ1n) is 19.2. The Kier molecular flexibility index (Phi) is 16.3. The summed E-state index contributed by atoms with van der Waals surface area (Å²) in [6.45, 7) is 0.278. The maximum Gasteiger partial charge on any atom is 0.344 e. The van der Waals surface area contributed by atoms with Gasteiger partial charge in [0.25, 0.3) is 0 Å². The van der Waals surface area contributed by atoms with E-state index in [0.717, 1.165) is 54.4 Å². The van der Waals surface area contributed by atoms with Gasteiger partial charge in [0.05, 0.1) is 44.1 Å². The Morgan fingerprint density at radius 3 is 1.60 bits per heavy atom. The minimum atomic E-state index is -0.466. The number of rotatable bonds is 14. The fourth-order valence-electron chi connectivity index (χ4n) is 6.35. The molecule has 0 atom stereocenters. The van der Waals surface area contributed by atoms with Crippen molar-refractivity contribution >= 4 is 21.9 Å². The minimum absolute atomic E-state index is 0.0137. The summed E-state index contributed by atoms with van der Waals surface area (Å²) >= 11 is 0. The van der Waals surface area contributed by atoms with E-state index in [1.54, 1.807) is 50.6 Å². The first kappa shape index (κ1) is 43.0. The molecule has 58 heavy (non-hydrogen) atoms. The Hall–Kier alpha value is -6.14. The lowest BCUT2D eigenvalue weighted by molar-refractivity contribution is 0.284. The molecule has 0 aliphatic carbocycles. The van der Waals surface area contributed by atoms with Gasteiger partial charge in [-0.3, -0.25) is 0 Å². The summed E-state index contributed by atoms with van der Waals surface area (Å²) < 4.78 is 21.7. The van der Waals surface area contributed by atoms with Crippen LogP contribution >= 0.6 is 0 Å². The summed E-state index contributed by atoms with van der Waals surface area (Å²) in [5.41, 5.74) is 6.01. The van der Waals surface area contributed by atoms with Crippen LogP contribution in [0, 0.1) is 23.7 Å². The molecule has 300 valence electrons. The number of hydrogen-bond acceptors (Lipinski definition) is 10. The molecule has 10 heteroatoms. The normalized spacial score (nSPS) is 10.6. The van der Waals surface area contributed by atoms with E-state index in [-0.39, 0.29) is 32.1 Å². The van der Waals surface area contributed by atoms with E-state index < -0.39 is 5.63 Å². The number of fused-ring (bicyclic) bond motifs is 2. The molecule has 0 fully saturated rings. The Balaban J connectivity index is 0.000000221. The van der Waals surface area contributed by atoms with Gasteiger partial charge in [-0.2, -0.15) is 0 Å². The van der Waals surface area contributed by atoms with Crippen LogP contribution in [-0.4, -0.2) is 61.1 Å². The largest absolute Gasteiger partial charge is 0.497 e. The quantitative estimate of drug-likeness (QED) is 0.0513. The number of aryl methyl sites for hydroxylation is 2. The molecule has 4 aromatic carbocycles. The molecule has 2 aromatic heterocycles. The Morgan fingerprint density at radius 2 is 1.07 bits per heavy atom. The van der Waals surface area contributed by atoms with Crippen LogP contribution in [0.4, 0.5) is 0 Å². The Bertz CT molecular complexity index is 2530. The molecule has 0 saturated carbocycles. The number of ether oxygens (including phenoxy) is 2. The number of aliphatic hydroxyl groups is 4. The van der Waals surface area contributed by atoms with Crippen molar-refractivity contribution in [3.8, 4) is 57.4 Å². The van der Waals surface area contributed by atoms with Crippen molar-refractivity contribution in [1.82, 2.24) is 0 Å². The highest BCUT2D eigenvalue weighted by atomic mass is 16.5. The second-order valence-corrected chi connectivity index (χ2v) is 13.4. The number of methoxy groups -OCH3 is 2. The predicted octanol–water partition coefficient (Wildman–Crippen LogP) is 7.04. The summed E-state index contributed by atoms with van der Waals surface area (Å²) in [6.07, 6.45) is 5.50. The molecule has 4 N–H and O–H groups in total. The average Bonchev–Trinajstić information content (AvgIpc) is 3.24. The molecule has 6 aromatic rings. The van der Waals surface area contributed by atoms with Gasteiger partial charge in [-0.25, -0.2) is 9.59 Å². The highest BCUT2D eigenvalue weighted by Crippen LogP contribution is 2.29. The number of hydrogen-bond donors (Lipinski definition) is 4. The molecule has 10 nitrogen and oxygen atoms in total. The topological polar surface area (TPSA) is 160 Å². The zero-order valence-electron chi connectivity index (χ0n) is 32.8. The van der Waals surface area contributed by atoms with Gasteiger partial charge in [-0.05, 0) is 115 Å². The molecular formula is C48H48O10. The fraction of sp³-hybridized carbons (Fsp3) is 0.292. The van der Waals surface area contributed by atoms with Gasteiger partial charge >= 0.3 is 11.3 Å². The minimum Gasteiger partial charge on any atom is -0.497 e. The predicted molar refractivity (Wildman–Crippen MR) is 226 cm³/mol. The molecule has 0 aliphatic heterocycles. The average molecular weight is 785 g/mol. The highest BCUT2D eigenvalue weighted by molar-refractivity contribution is 5.88. The van der Waals surface area contributed by atoms with Crippen molar-refractivity contribution in [3.05, 3.63) is 128 Å². The molecule has 2 heterocycles. The first-order chi connectivity index (χ1) is 28.3. The number of aliphatic hydroxyl groups excluding tert-OH is 4. The van der Waals surface area contributed by atoms with Crippen LogP contribution in [0.1, 0.15) is 60.8 Å². The summed E-state index contributed by atoms with van der Waals surface area (Å²) in [5.74, 6) is 13.1. The lowest BCUT2D eigenvalue weighted by Crippen LogP contribution is -2.05. The standard InChI is InChI=1S/C24H28O5.C24H20O5/c2*1-28-21-10-8-18(9-11-21)22-16-20-15-17(6-2-4-12-25)14-19(7-3-5-13-26)23(20)29-24(22)27/h8-11,14-16,25-26H,2-7,12-13H2,1H3;8-11,14-16,25-26H,4-5,12-13H2,1H3. The van der Waals surface area contributed by atoms with E-state index in [4.69, 9.17) is 38.7 Å². The molecule has 0 spiro atoms. The molecule has 0 unspecified atom stereocenters. The molecular weight excluding hydrogens is 737 g/mol. The van der Waals surface area contributed by atoms with Crippen molar-refractivity contribution in [3.63, 3.8) is 0 Å². The van der Waals surface area contributed by atoms with Crippen molar-refractivity contribution in [1.29, 1.82) is 0 Å². The Morgan fingerprint density at radius 1 is 0.552 bits per heavy atom. The third kappa shape index (κ3) is 11.5. The summed E-state index contributed by atoms with van der Waals surface area (Å²) in [5, 5.41) is 37.7. The summed E-state index contributed by atoms with van der Waals surface area (Å²) in [4.78, 5) is 25.3. The van der Waals surface area contributed by atoms with Crippen LogP contribution in [0.15, 0.2) is 103 Å². The highest BCUT2D eigenvalue weighted by Gasteiger charge is 2.14. The van der Waals surface area contributed by atoms with Crippen molar-refractivity contribution in [2.24, 2.45) is 0 Å². The van der Waals surface area contributed by atoms with Gasteiger partial charge in [0, 0.05) is 42.4 Å². The second kappa shape index (κ2) is 22.0. The van der Waals surface area contributed by atoms with Crippen LogP contribution in [0.25, 0.3) is 44.2 Å². The van der Waals surface area contributed by atoms with Crippen molar-refractivity contribution in [2.75, 3.05) is 40.6 Å². The zero-order valence-corrected chi connectivity index (χ0v) is 32.8. The third-order valence-electron chi connectivity index (χ3n) is 9.26.